The topological polar surface area (TPSA) is 72.2 Å². The highest BCUT2D eigenvalue weighted by Gasteiger charge is 2.13. The second-order valence-corrected chi connectivity index (χ2v) is 6.51. The van der Waals surface area contributed by atoms with Gasteiger partial charge in [-0.2, -0.15) is 0 Å². The lowest BCUT2D eigenvalue weighted by Gasteiger charge is -2.08. The fourth-order valence-corrected chi connectivity index (χ4v) is 3.05. The number of sulfonamides is 1. The quantitative estimate of drug-likeness (QED) is 0.890. The van der Waals surface area contributed by atoms with E-state index in [1.54, 1.807) is 42.5 Å². The Hall–Kier alpha value is -1.40. The standard InChI is InChI=1S/C14H15ClN2O2S/c15-13-5-1-4-12(7-13)10-17-20(18,19)14-6-2-3-11(8-14)9-16/h1-8,17H,9-10,16H2. The van der Waals surface area contributed by atoms with Gasteiger partial charge in [-0.25, -0.2) is 13.1 Å². The molecule has 0 aliphatic carbocycles. The Morgan fingerprint density at radius 1 is 1.05 bits per heavy atom. The van der Waals surface area contributed by atoms with Crippen LogP contribution in [0.4, 0.5) is 0 Å². The number of nitrogens with one attached hydrogen (secondary N) is 1. The highest BCUT2D eigenvalue weighted by molar-refractivity contribution is 7.89. The average molecular weight is 311 g/mol. The summed E-state index contributed by atoms with van der Waals surface area (Å²) >= 11 is 5.86. The Labute approximate surface area is 123 Å². The molecule has 0 aliphatic rings. The monoisotopic (exact) mass is 310 g/mol. The van der Waals surface area contributed by atoms with Crippen LogP contribution in [0.2, 0.25) is 5.02 Å². The number of hydrogen-bond acceptors (Lipinski definition) is 3. The molecule has 0 fully saturated rings. The first-order chi connectivity index (χ1) is 9.51. The molecular weight excluding hydrogens is 296 g/mol. The smallest absolute Gasteiger partial charge is 0.240 e. The third kappa shape index (κ3) is 3.80. The fourth-order valence-electron chi connectivity index (χ4n) is 1.75. The summed E-state index contributed by atoms with van der Waals surface area (Å²) in [6.45, 7) is 0.493. The summed E-state index contributed by atoms with van der Waals surface area (Å²) in [5, 5.41) is 0.576. The van der Waals surface area contributed by atoms with E-state index in [0.717, 1.165) is 11.1 Å². The molecule has 0 aromatic heterocycles. The summed E-state index contributed by atoms with van der Waals surface area (Å²) in [6, 6.07) is 13.6. The molecule has 0 spiro atoms. The van der Waals surface area contributed by atoms with Gasteiger partial charge in [0.1, 0.15) is 0 Å². The minimum Gasteiger partial charge on any atom is -0.326 e. The number of halogens is 1. The van der Waals surface area contributed by atoms with Crippen molar-refractivity contribution >= 4 is 21.6 Å². The van der Waals surface area contributed by atoms with Crippen LogP contribution >= 0.6 is 11.6 Å². The van der Waals surface area contributed by atoms with Crippen LogP contribution in [0.5, 0.6) is 0 Å². The van der Waals surface area contributed by atoms with Crippen LogP contribution in [-0.4, -0.2) is 8.42 Å². The van der Waals surface area contributed by atoms with Gasteiger partial charge in [0.2, 0.25) is 10.0 Å². The molecule has 0 radical (unpaired) electrons. The van der Waals surface area contributed by atoms with E-state index in [1.165, 1.54) is 0 Å². The first-order valence-corrected chi connectivity index (χ1v) is 7.90. The minimum absolute atomic E-state index is 0.190. The van der Waals surface area contributed by atoms with Crippen molar-refractivity contribution in [2.24, 2.45) is 5.73 Å². The lowest BCUT2D eigenvalue weighted by Crippen LogP contribution is -2.23. The third-order valence-corrected chi connectivity index (χ3v) is 4.43. The molecule has 0 atom stereocenters. The van der Waals surface area contributed by atoms with E-state index in [2.05, 4.69) is 4.72 Å². The Balaban J connectivity index is 2.15. The molecule has 2 aromatic rings. The molecule has 20 heavy (non-hydrogen) atoms. The molecule has 0 saturated carbocycles. The van der Waals surface area contributed by atoms with E-state index in [4.69, 9.17) is 17.3 Å². The van der Waals surface area contributed by atoms with Gasteiger partial charge in [0, 0.05) is 18.1 Å². The van der Waals surface area contributed by atoms with E-state index < -0.39 is 10.0 Å². The zero-order valence-electron chi connectivity index (χ0n) is 10.7. The number of hydrogen-bond donors (Lipinski definition) is 2. The maximum Gasteiger partial charge on any atom is 0.240 e. The van der Waals surface area contributed by atoms with E-state index in [0.29, 0.717) is 11.6 Å². The van der Waals surface area contributed by atoms with Gasteiger partial charge in [-0.05, 0) is 35.4 Å². The molecule has 2 aromatic carbocycles. The number of nitrogens with two attached hydrogens (primary N) is 1. The second-order valence-electron chi connectivity index (χ2n) is 4.31. The lowest BCUT2D eigenvalue weighted by molar-refractivity contribution is 0.581. The Kier molecular flexibility index (Phi) is 4.77. The molecule has 3 N–H and O–H groups in total. The molecule has 0 saturated heterocycles. The number of rotatable bonds is 5. The minimum atomic E-state index is -3.55. The van der Waals surface area contributed by atoms with Gasteiger partial charge in [-0.15, -0.1) is 0 Å². The summed E-state index contributed by atoms with van der Waals surface area (Å²) in [5.74, 6) is 0. The Morgan fingerprint density at radius 3 is 2.45 bits per heavy atom. The van der Waals surface area contributed by atoms with Crippen molar-refractivity contribution in [3.05, 3.63) is 64.7 Å². The van der Waals surface area contributed by atoms with Crippen LogP contribution < -0.4 is 10.5 Å². The van der Waals surface area contributed by atoms with Gasteiger partial charge in [0.15, 0.2) is 0 Å². The zero-order valence-corrected chi connectivity index (χ0v) is 12.3. The van der Waals surface area contributed by atoms with E-state index in [-0.39, 0.29) is 11.4 Å². The van der Waals surface area contributed by atoms with Crippen molar-refractivity contribution in [2.45, 2.75) is 18.0 Å². The van der Waals surface area contributed by atoms with Crippen molar-refractivity contribution < 1.29 is 8.42 Å². The number of benzene rings is 2. The first kappa shape index (κ1) is 15.0. The van der Waals surface area contributed by atoms with Gasteiger partial charge in [-0.1, -0.05) is 35.9 Å². The maximum atomic E-state index is 12.2. The average Bonchev–Trinajstić information content (AvgIpc) is 2.45. The molecule has 106 valence electrons. The summed E-state index contributed by atoms with van der Waals surface area (Å²) in [6.07, 6.45) is 0. The van der Waals surface area contributed by atoms with Gasteiger partial charge >= 0.3 is 0 Å². The van der Waals surface area contributed by atoms with Gasteiger partial charge in [0.25, 0.3) is 0 Å². The summed E-state index contributed by atoms with van der Waals surface area (Å²) in [5.41, 5.74) is 7.09. The molecule has 2 rings (SSSR count). The highest BCUT2D eigenvalue weighted by atomic mass is 35.5. The van der Waals surface area contributed by atoms with Crippen molar-refractivity contribution in [3.63, 3.8) is 0 Å². The van der Waals surface area contributed by atoms with Gasteiger partial charge < -0.3 is 5.73 Å². The molecular formula is C14H15ClN2O2S. The van der Waals surface area contributed by atoms with Gasteiger partial charge in [-0.3, -0.25) is 0 Å². The Morgan fingerprint density at radius 2 is 1.75 bits per heavy atom. The van der Waals surface area contributed by atoms with Crippen LogP contribution in [0, 0.1) is 0 Å². The van der Waals surface area contributed by atoms with Crippen LogP contribution in [0.15, 0.2) is 53.4 Å². The van der Waals surface area contributed by atoms with Crippen molar-refractivity contribution in [3.8, 4) is 0 Å². The highest BCUT2D eigenvalue weighted by Crippen LogP contribution is 2.14. The predicted octanol–water partition coefficient (Wildman–Crippen LogP) is 2.28. The molecule has 0 heterocycles. The summed E-state index contributed by atoms with van der Waals surface area (Å²) in [4.78, 5) is 0.211. The van der Waals surface area contributed by atoms with E-state index >= 15 is 0 Å². The predicted molar refractivity (Wildman–Crippen MR) is 79.8 cm³/mol. The van der Waals surface area contributed by atoms with Crippen molar-refractivity contribution in [1.29, 1.82) is 0 Å². The Bertz CT molecular complexity index is 702. The zero-order chi connectivity index (χ0) is 14.6. The molecule has 0 unspecified atom stereocenters. The fraction of sp³-hybridized carbons (Fsp3) is 0.143. The second kappa shape index (κ2) is 6.37. The summed E-state index contributed by atoms with van der Waals surface area (Å²) < 4.78 is 26.9. The molecule has 0 bridgehead atoms. The van der Waals surface area contributed by atoms with Gasteiger partial charge in [0.05, 0.1) is 4.90 Å². The molecule has 0 aliphatic heterocycles. The van der Waals surface area contributed by atoms with E-state index in [1.807, 2.05) is 6.07 Å². The molecule has 4 nitrogen and oxygen atoms in total. The molecule has 6 heteroatoms. The SMILES string of the molecule is NCc1cccc(S(=O)(=O)NCc2cccc(Cl)c2)c1. The van der Waals surface area contributed by atoms with Crippen LogP contribution in [0.3, 0.4) is 0 Å². The molecule has 0 amide bonds. The van der Waals surface area contributed by atoms with Crippen molar-refractivity contribution in [1.82, 2.24) is 4.72 Å². The normalized spacial score (nSPS) is 11.5. The third-order valence-electron chi connectivity index (χ3n) is 2.80. The van der Waals surface area contributed by atoms with Crippen molar-refractivity contribution in [2.75, 3.05) is 0 Å². The maximum absolute atomic E-state index is 12.2. The lowest BCUT2D eigenvalue weighted by atomic mass is 10.2. The summed E-state index contributed by atoms with van der Waals surface area (Å²) in [7, 11) is -3.55. The van der Waals surface area contributed by atoms with E-state index in [9.17, 15) is 8.42 Å². The van der Waals surface area contributed by atoms with Crippen LogP contribution in [-0.2, 0) is 23.1 Å². The van der Waals surface area contributed by atoms with Crippen LogP contribution in [0.1, 0.15) is 11.1 Å². The first-order valence-electron chi connectivity index (χ1n) is 6.04. The van der Waals surface area contributed by atoms with Crippen LogP contribution in [0.25, 0.3) is 0 Å². The largest absolute Gasteiger partial charge is 0.326 e.